The summed E-state index contributed by atoms with van der Waals surface area (Å²) >= 11 is 0. The number of likely N-dealkylation sites (N-methyl/N-ethyl adjacent to an activating group) is 1. The van der Waals surface area contributed by atoms with E-state index in [2.05, 4.69) is 10.6 Å². The lowest BCUT2D eigenvalue weighted by Crippen LogP contribution is -2.47. The van der Waals surface area contributed by atoms with Crippen LogP contribution in [-0.4, -0.2) is 85.5 Å². The molecule has 1 aliphatic rings. The van der Waals surface area contributed by atoms with Crippen molar-refractivity contribution >= 4 is 23.3 Å². The number of aliphatic hydroxyl groups excluding tert-OH is 1. The molecular weight excluding hydrogens is 565 g/mol. The minimum absolute atomic E-state index is 0.0533. The van der Waals surface area contributed by atoms with Gasteiger partial charge in [-0.2, -0.15) is 13.2 Å². The quantitative estimate of drug-likeness (QED) is 0.389. The number of anilines is 2. The number of hydrogen-bond donors (Lipinski definition) is 3. The first-order valence-corrected chi connectivity index (χ1v) is 14.5. The van der Waals surface area contributed by atoms with Crippen LogP contribution in [0.25, 0.3) is 0 Å². The molecule has 12 heteroatoms. The van der Waals surface area contributed by atoms with E-state index >= 15 is 0 Å². The fraction of sp³-hybridized carbons (Fsp3) is 0.548. The number of alkyl halides is 3. The molecule has 0 radical (unpaired) electrons. The van der Waals surface area contributed by atoms with Crippen molar-refractivity contribution in [3.05, 3.63) is 53.6 Å². The molecule has 2 aromatic rings. The highest BCUT2D eigenvalue weighted by Crippen LogP contribution is 2.31. The van der Waals surface area contributed by atoms with E-state index in [0.717, 1.165) is 43.5 Å². The number of amides is 3. The third-order valence-electron chi connectivity index (χ3n) is 7.32. The zero-order valence-electron chi connectivity index (χ0n) is 25.4. The summed E-state index contributed by atoms with van der Waals surface area (Å²) in [5, 5.41) is 15.2. The Morgan fingerprint density at radius 1 is 1.09 bits per heavy atom. The molecule has 3 amide bonds. The second-order valence-electron chi connectivity index (χ2n) is 11.4. The highest BCUT2D eigenvalue weighted by atomic mass is 19.4. The second kappa shape index (κ2) is 15.4. The monoisotopic (exact) mass is 608 g/mol. The summed E-state index contributed by atoms with van der Waals surface area (Å²) in [7, 11) is 3.94. The van der Waals surface area contributed by atoms with Crippen molar-refractivity contribution in [1.82, 2.24) is 9.80 Å². The highest BCUT2D eigenvalue weighted by Gasteiger charge is 2.31. The SMILES string of the molecule is C[C@@H]1CCCCO[C@H](CN(C)C)[C@@H](C)CN([C@H](C)CO)C(=O)c2cc(NC(=O)Nc3ccc(C(F)(F)F)cc3)ccc2O1. The molecule has 0 aliphatic carbocycles. The lowest BCUT2D eigenvalue weighted by molar-refractivity contribution is -0.137. The minimum Gasteiger partial charge on any atom is -0.490 e. The van der Waals surface area contributed by atoms with Gasteiger partial charge in [0, 0.05) is 37.0 Å². The molecule has 2 aromatic carbocycles. The van der Waals surface area contributed by atoms with Crippen LogP contribution in [0.1, 0.15) is 56.0 Å². The van der Waals surface area contributed by atoms with Crippen LogP contribution in [0.4, 0.5) is 29.3 Å². The first-order chi connectivity index (χ1) is 20.3. The summed E-state index contributed by atoms with van der Waals surface area (Å²) in [5.41, 5.74) is -0.155. The van der Waals surface area contributed by atoms with Crippen molar-refractivity contribution in [2.45, 2.75) is 64.5 Å². The highest BCUT2D eigenvalue weighted by molar-refractivity contribution is 6.02. The van der Waals surface area contributed by atoms with Gasteiger partial charge >= 0.3 is 12.2 Å². The predicted molar refractivity (Wildman–Crippen MR) is 160 cm³/mol. The van der Waals surface area contributed by atoms with Crippen molar-refractivity contribution in [3.8, 4) is 5.75 Å². The molecule has 0 spiro atoms. The summed E-state index contributed by atoms with van der Waals surface area (Å²) in [6.45, 7) is 7.05. The molecule has 0 aromatic heterocycles. The van der Waals surface area contributed by atoms with Crippen molar-refractivity contribution in [2.24, 2.45) is 5.92 Å². The molecule has 0 saturated carbocycles. The number of carbonyl (C=O) groups is 2. The van der Waals surface area contributed by atoms with E-state index in [-0.39, 0.29) is 47.6 Å². The first kappa shape index (κ1) is 34.1. The van der Waals surface area contributed by atoms with E-state index in [9.17, 15) is 27.9 Å². The Bertz CT molecular complexity index is 1210. The predicted octanol–water partition coefficient (Wildman–Crippen LogP) is 5.71. The van der Waals surface area contributed by atoms with Gasteiger partial charge in [-0.25, -0.2) is 4.79 Å². The van der Waals surface area contributed by atoms with Crippen LogP contribution in [-0.2, 0) is 10.9 Å². The Balaban J connectivity index is 1.90. The van der Waals surface area contributed by atoms with Crippen LogP contribution in [0.2, 0.25) is 0 Å². The molecule has 9 nitrogen and oxygen atoms in total. The number of benzene rings is 2. The molecule has 43 heavy (non-hydrogen) atoms. The number of carbonyl (C=O) groups excluding carboxylic acids is 2. The number of urea groups is 1. The van der Waals surface area contributed by atoms with Crippen LogP contribution in [0.5, 0.6) is 5.75 Å². The average molecular weight is 609 g/mol. The van der Waals surface area contributed by atoms with Gasteiger partial charge in [0.05, 0.1) is 36.0 Å². The molecule has 3 rings (SSSR count). The van der Waals surface area contributed by atoms with E-state index in [1.54, 1.807) is 24.0 Å². The van der Waals surface area contributed by atoms with Gasteiger partial charge in [-0.15, -0.1) is 0 Å². The van der Waals surface area contributed by atoms with Crippen molar-refractivity contribution in [1.29, 1.82) is 0 Å². The Morgan fingerprint density at radius 3 is 2.37 bits per heavy atom. The summed E-state index contributed by atoms with van der Waals surface area (Å²) in [6.07, 6.45) is -2.32. The van der Waals surface area contributed by atoms with Gasteiger partial charge in [-0.05, 0) is 89.7 Å². The number of rotatable bonds is 6. The van der Waals surface area contributed by atoms with E-state index in [1.807, 2.05) is 32.8 Å². The Hall–Kier alpha value is -3.35. The van der Waals surface area contributed by atoms with Crippen LogP contribution >= 0.6 is 0 Å². The molecule has 0 bridgehead atoms. The summed E-state index contributed by atoms with van der Waals surface area (Å²) in [4.78, 5) is 30.4. The number of halogens is 3. The van der Waals surface area contributed by atoms with Gasteiger partial charge in [0.1, 0.15) is 5.75 Å². The fourth-order valence-corrected chi connectivity index (χ4v) is 4.86. The van der Waals surface area contributed by atoms with Gasteiger partial charge in [-0.1, -0.05) is 6.92 Å². The summed E-state index contributed by atoms with van der Waals surface area (Å²) < 4.78 is 51.1. The third-order valence-corrected chi connectivity index (χ3v) is 7.32. The van der Waals surface area contributed by atoms with Gasteiger partial charge in [0.15, 0.2) is 0 Å². The van der Waals surface area contributed by atoms with Gasteiger partial charge < -0.3 is 35.0 Å². The molecule has 238 valence electrons. The van der Waals surface area contributed by atoms with Crippen LogP contribution in [0.3, 0.4) is 0 Å². The number of nitrogens with one attached hydrogen (secondary N) is 2. The molecule has 4 atom stereocenters. The number of fused-ring (bicyclic) bond motifs is 1. The Kier molecular flexibility index (Phi) is 12.2. The Labute approximate surface area is 251 Å². The number of nitrogens with zero attached hydrogens (tertiary/aromatic N) is 2. The number of aliphatic hydroxyl groups is 1. The van der Waals surface area contributed by atoms with Crippen molar-refractivity contribution < 1.29 is 37.3 Å². The minimum atomic E-state index is -4.48. The third kappa shape index (κ3) is 10.1. The van der Waals surface area contributed by atoms with E-state index < -0.39 is 23.8 Å². The average Bonchev–Trinajstić information content (AvgIpc) is 2.94. The molecule has 3 N–H and O–H groups in total. The normalized spacial score (nSPS) is 21.4. The molecule has 1 heterocycles. The van der Waals surface area contributed by atoms with Gasteiger partial charge in [0.2, 0.25) is 0 Å². The zero-order chi connectivity index (χ0) is 31.7. The van der Waals surface area contributed by atoms with Crippen LogP contribution in [0, 0.1) is 5.92 Å². The zero-order valence-corrected chi connectivity index (χ0v) is 25.4. The number of hydrogen-bond acceptors (Lipinski definition) is 6. The maximum absolute atomic E-state index is 14.1. The van der Waals surface area contributed by atoms with E-state index in [0.29, 0.717) is 25.4 Å². The molecule has 0 fully saturated rings. The smallest absolute Gasteiger partial charge is 0.416 e. The lowest BCUT2D eigenvalue weighted by atomic mass is 10.0. The standard InChI is InChI=1S/C31H43F3N4O5/c1-20-17-38(21(2)19-39)29(40)26-16-25(36-30(41)35-24-11-9-23(10-12-24)31(32,33)34)13-14-27(26)43-22(3)8-6-7-15-42-28(20)18-37(4)5/h9-14,16,20-22,28,39H,6-8,15,17-19H2,1-5H3,(H2,35,36,41)/t20-,21+,22+,28+/m0/s1. The van der Waals surface area contributed by atoms with Gasteiger partial charge in [0.25, 0.3) is 5.91 Å². The summed E-state index contributed by atoms with van der Waals surface area (Å²) in [5.74, 6) is -0.0717. The number of ether oxygens (including phenoxy) is 2. The van der Waals surface area contributed by atoms with Crippen molar-refractivity contribution in [3.63, 3.8) is 0 Å². The Morgan fingerprint density at radius 2 is 1.74 bits per heavy atom. The van der Waals surface area contributed by atoms with E-state index in [1.165, 1.54) is 6.07 Å². The maximum Gasteiger partial charge on any atom is 0.416 e. The fourth-order valence-electron chi connectivity index (χ4n) is 4.86. The summed E-state index contributed by atoms with van der Waals surface area (Å²) in [6, 6.07) is 7.60. The maximum atomic E-state index is 14.1. The van der Waals surface area contributed by atoms with Crippen LogP contribution in [0.15, 0.2) is 42.5 Å². The largest absolute Gasteiger partial charge is 0.490 e. The van der Waals surface area contributed by atoms with Crippen molar-refractivity contribution in [2.75, 3.05) is 51.0 Å². The second-order valence-corrected chi connectivity index (χ2v) is 11.4. The molecular formula is C31H43F3N4O5. The topological polar surface area (TPSA) is 103 Å². The molecule has 0 saturated heterocycles. The lowest BCUT2D eigenvalue weighted by Gasteiger charge is -2.35. The molecule has 1 aliphatic heterocycles. The van der Waals surface area contributed by atoms with E-state index in [4.69, 9.17) is 9.47 Å². The van der Waals surface area contributed by atoms with Crippen LogP contribution < -0.4 is 15.4 Å². The molecule has 0 unspecified atom stereocenters. The van der Waals surface area contributed by atoms with Gasteiger partial charge in [-0.3, -0.25) is 4.79 Å². The first-order valence-electron chi connectivity index (χ1n) is 14.5.